The van der Waals surface area contributed by atoms with Gasteiger partial charge in [0.05, 0.1) is 17.2 Å². The van der Waals surface area contributed by atoms with Gasteiger partial charge in [-0.2, -0.15) is 0 Å². The summed E-state index contributed by atoms with van der Waals surface area (Å²) in [6.07, 6.45) is 5.79. The van der Waals surface area contributed by atoms with E-state index in [1.807, 2.05) is 43.0 Å². The maximum absolute atomic E-state index is 12.9. The summed E-state index contributed by atoms with van der Waals surface area (Å²) in [5, 5.41) is 0. The molecular weight excluding hydrogens is 290 g/mol. The van der Waals surface area contributed by atoms with E-state index in [1.54, 1.807) is 0 Å². The van der Waals surface area contributed by atoms with Crippen molar-refractivity contribution in [3.63, 3.8) is 0 Å². The molecule has 1 amide bonds. The Kier molecular flexibility index (Phi) is 4.46. The largest absolute Gasteiger partial charge is 0.336 e. The summed E-state index contributed by atoms with van der Waals surface area (Å²) >= 11 is 0. The van der Waals surface area contributed by atoms with E-state index in [0.717, 1.165) is 18.4 Å². The van der Waals surface area contributed by atoms with Gasteiger partial charge in [0, 0.05) is 12.1 Å². The van der Waals surface area contributed by atoms with Crippen molar-refractivity contribution in [3.8, 4) is 0 Å². The van der Waals surface area contributed by atoms with Gasteiger partial charge in [-0.15, -0.1) is 0 Å². The molecule has 0 saturated heterocycles. The second-order valence-electron chi connectivity index (χ2n) is 6.50. The molecule has 122 valence electrons. The van der Waals surface area contributed by atoms with Crippen LogP contribution in [0.5, 0.6) is 0 Å². The Morgan fingerprint density at radius 2 is 2.00 bits per heavy atom. The van der Waals surface area contributed by atoms with Crippen LogP contribution in [0.15, 0.2) is 35.3 Å². The molecule has 0 spiro atoms. The second-order valence-corrected chi connectivity index (χ2v) is 6.50. The van der Waals surface area contributed by atoms with Gasteiger partial charge >= 0.3 is 0 Å². The molecule has 3 rings (SSSR count). The lowest BCUT2D eigenvalue weighted by Crippen LogP contribution is -2.46. The highest BCUT2D eigenvalue weighted by molar-refractivity contribution is 5.80. The van der Waals surface area contributed by atoms with Crippen molar-refractivity contribution in [2.24, 2.45) is 0 Å². The average Bonchev–Trinajstić information content (AvgIpc) is 3.04. The molecule has 5 heteroatoms. The fraction of sp³-hybridized carbons (Fsp3) is 0.500. The van der Waals surface area contributed by atoms with Gasteiger partial charge < -0.3 is 4.90 Å². The van der Waals surface area contributed by atoms with Crippen molar-refractivity contribution in [1.82, 2.24) is 14.5 Å². The summed E-state index contributed by atoms with van der Waals surface area (Å²) < 4.78 is 1.54. The van der Waals surface area contributed by atoms with Crippen molar-refractivity contribution in [2.45, 2.75) is 58.2 Å². The molecule has 1 heterocycles. The lowest BCUT2D eigenvalue weighted by molar-refractivity contribution is -0.136. The van der Waals surface area contributed by atoms with Gasteiger partial charge in [0.2, 0.25) is 5.91 Å². The van der Waals surface area contributed by atoms with E-state index in [4.69, 9.17) is 0 Å². The van der Waals surface area contributed by atoms with Crippen LogP contribution in [0.2, 0.25) is 0 Å². The smallest absolute Gasteiger partial charge is 0.269 e. The summed E-state index contributed by atoms with van der Waals surface area (Å²) in [5.41, 5.74) is 1.22. The van der Waals surface area contributed by atoms with Crippen molar-refractivity contribution in [2.75, 3.05) is 0 Å². The van der Waals surface area contributed by atoms with E-state index in [0.29, 0.717) is 11.6 Å². The predicted molar refractivity (Wildman–Crippen MR) is 90.2 cm³/mol. The Balaban J connectivity index is 1.92. The number of amides is 1. The van der Waals surface area contributed by atoms with E-state index >= 15 is 0 Å². The Morgan fingerprint density at radius 1 is 1.30 bits per heavy atom. The molecule has 1 aromatic carbocycles. The van der Waals surface area contributed by atoms with Crippen LogP contribution >= 0.6 is 0 Å². The fourth-order valence-electron chi connectivity index (χ4n) is 3.59. The highest BCUT2D eigenvalue weighted by Crippen LogP contribution is 2.25. The molecule has 0 atom stereocenters. The molecule has 0 radical (unpaired) electrons. The zero-order chi connectivity index (χ0) is 16.4. The third-order valence-corrected chi connectivity index (χ3v) is 4.61. The normalized spacial score (nSPS) is 15.4. The number of fused-ring (bicyclic) bond motifs is 1. The minimum absolute atomic E-state index is 0.0188. The number of aromatic nitrogens is 2. The third-order valence-electron chi connectivity index (χ3n) is 4.61. The monoisotopic (exact) mass is 313 g/mol. The Bertz CT molecular complexity index is 760. The summed E-state index contributed by atoms with van der Waals surface area (Å²) in [4.78, 5) is 31.2. The second kappa shape index (κ2) is 6.52. The van der Waals surface area contributed by atoms with E-state index in [9.17, 15) is 9.59 Å². The molecule has 1 fully saturated rings. The molecule has 1 aliphatic rings. The lowest BCUT2D eigenvalue weighted by Gasteiger charge is -2.33. The molecule has 1 saturated carbocycles. The highest BCUT2D eigenvalue weighted by atomic mass is 16.2. The number of rotatable bonds is 4. The molecule has 0 unspecified atom stereocenters. The van der Waals surface area contributed by atoms with Gasteiger partial charge in [-0.25, -0.2) is 4.98 Å². The maximum atomic E-state index is 12.9. The summed E-state index contributed by atoms with van der Waals surface area (Å²) in [5.74, 6) is 0.0188. The van der Waals surface area contributed by atoms with Crippen LogP contribution in [-0.4, -0.2) is 32.4 Å². The summed E-state index contributed by atoms with van der Waals surface area (Å²) in [6, 6.07) is 7.90. The van der Waals surface area contributed by atoms with Gasteiger partial charge in [0.15, 0.2) is 0 Å². The van der Waals surface area contributed by atoms with Gasteiger partial charge in [-0.1, -0.05) is 25.0 Å². The Hall–Kier alpha value is -2.17. The third kappa shape index (κ3) is 3.14. The minimum Gasteiger partial charge on any atom is -0.336 e. The highest BCUT2D eigenvalue weighted by Gasteiger charge is 2.29. The molecule has 23 heavy (non-hydrogen) atoms. The number of nitrogens with zero attached hydrogens (tertiary/aromatic N) is 3. The molecule has 0 N–H and O–H groups in total. The number of hydrogen-bond donors (Lipinski definition) is 0. The molecule has 1 aromatic heterocycles. The Morgan fingerprint density at radius 3 is 2.70 bits per heavy atom. The molecular formula is C18H23N3O2. The minimum atomic E-state index is -0.229. The van der Waals surface area contributed by atoms with Crippen molar-refractivity contribution in [3.05, 3.63) is 40.8 Å². The number of carbonyl (C=O) groups is 1. The molecule has 1 aliphatic carbocycles. The summed E-state index contributed by atoms with van der Waals surface area (Å²) in [7, 11) is 0. The zero-order valence-corrected chi connectivity index (χ0v) is 13.7. The topological polar surface area (TPSA) is 55.2 Å². The standard InChI is InChI=1S/C18H23N3O2/c1-13(2)21(14-7-3-4-8-14)18(23)12-20-16-10-6-5-9-15(16)19-11-17(20)22/h5-6,9-11,13-14H,3-4,7-8,12H2,1-2H3. The number of para-hydroxylation sites is 2. The molecule has 0 aliphatic heterocycles. The summed E-state index contributed by atoms with van der Waals surface area (Å²) in [6.45, 7) is 4.17. The first kappa shape index (κ1) is 15.7. The SMILES string of the molecule is CC(C)N(C(=O)Cn1c(=O)cnc2ccccc21)C1CCCC1. The molecule has 5 nitrogen and oxygen atoms in total. The van der Waals surface area contributed by atoms with Crippen molar-refractivity contribution >= 4 is 16.9 Å². The maximum Gasteiger partial charge on any atom is 0.269 e. The van der Waals surface area contributed by atoms with Gasteiger partial charge in [0.1, 0.15) is 6.54 Å². The molecule has 0 bridgehead atoms. The predicted octanol–water partition coefficient (Wildman–Crippen LogP) is 2.58. The number of carbonyl (C=O) groups excluding carboxylic acids is 1. The number of hydrogen-bond acceptors (Lipinski definition) is 3. The number of benzene rings is 1. The quantitative estimate of drug-likeness (QED) is 0.872. The van der Waals surface area contributed by atoms with Crippen LogP contribution in [0.4, 0.5) is 0 Å². The van der Waals surface area contributed by atoms with Gasteiger partial charge in [-0.05, 0) is 38.8 Å². The van der Waals surface area contributed by atoms with Crippen LogP contribution in [0.3, 0.4) is 0 Å². The molecule has 2 aromatic rings. The van der Waals surface area contributed by atoms with Crippen LogP contribution in [0.25, 0.3) is 11.0 Å². The zero-order valence-electron chi connectivity index (χ0n) is 13.7. The lowest BCUT2D eigenvalue weighted by atomic mass is 10.1. The average molecular weight is 313 g/mol. The van der Waals surface area contributed by atoms with E-state index in [-0.39, 0.29) is 24.1 Å². The van der Waals surface area contributed by atoms with E-state index in [1.165, 1.54) is 23.6 Å². The fourth-order valence-corrected chi connectivity index (χ4v) is 3.59. The van der Waals surface area contributed by atoms with Crippen LogP contribution in [0, 0.1) is 0 Å². The van der Waals surface area contributed by atoms with Crippen molar-refractivity contribution < 1.29 is 4.79 Å². The first-order valence-electron chi connectivity index (χ1n) is 8.33. The van der Waals surface area contributed by atoms with Crippen LogP contribution in [-0.2, 0) is 11.3 Å². The first-order chi connectivity index (χ1) is 11.1. The van der Waals surface area contributed by atoms with Crippen LogP contribution < -0.4 is 5.56 Å². The Labute approximate surface area is 135 Å². The van der Waals surface area contributed by atoms with Gasteiger partial charge in [0.25, 0.3) is 5.56 Å². The van der Waals surface area contributed by atoms with Crippen LogP contribution in [0.1, 0.15) is 39.5 Å². The van der Waals surface area contributed by atoms with Crippen molar-refractivity contribution in [1.29, 1.82) is 0 Å². The first-order valence-corrected chi connectivity index (χ1v) is 8.33. The van der Waals surface area contributed by atoms with E-state index in [2.05, 4.69) is 4.98 Å². The van der Waals surface area contributed by atoms with Gasteiger partial charge in [-0.3, -0.25) is 14.2 Å². The van der Waals surface area contributed by atoms with E-state index < -0.39 is 0 Å².